The number of hydrogen-bond acceptors (Lipinski definition) is 5. The van der Waals surface area contributed by atoms with Crippen molar-refractivity contribution in [3.8, 4) is 0 Å². The van der Waals surface area contributed by atoms with Gasteiger partial charge in [-0.3, -0.25) is 9.36 Å². The fraction of sp³-hybridized carbons (Fsp3) is 0.368. The average Bonchev–Trinajstić information content (AvgIpc) is 2.65. The van der Waals surface area contributed by atoms with Gasteiger partial charge in [0.25, 0.3) is 5.56 Å². The molecular formula is C19H20FN5O. The Kier molecular flexibility index (Phi) is 4.36. The van der Waals surface area contributed by atoms with Gasteiger partial charge in [0.1, 0.15) is 18.0 Å². The molecule has 26 heavy (non-hydrogen) atoms. The van der Waals surface area contributed by atoms with Crippen molar-refractivity contribution in [3.05, 3.63) is 58.8 Å². The van der Waals surface area contributed by atoms with E-state index in [-0.39, 0.29) is 11.4 Å². The molecule has 0 N–H and O–H groups in total. The molecule has 2 aromatic heterocycles. The van der Waals surface area contributed by atoms with Gasteiger partial charge in [0, 0.05) is 42.8 Å². The summed E-state index contributed by atoms with van der Waals surface area (Å²) in [5.41, 5.74) is 1.32. The van der Waals surface area contributed by atoms with Crippen molar-refractivity contribution in [3.63, 3.8) is 0 Å². The third-order valence-corrected chi connectivity index (χ3v) is 5.02. The smallest absolute Gasteiger partial charge is 0.256 e. The van der Waals surface area contributed by atoms with E-state index >= 15 is 0 Å². The van der Waals surface area contributed by atoms with Crippen LogP contribution in [0.2, 0.25) is 0 Å². The molecule has 6 nitrogen and oxygen atoms in total. The third-order valence-electron chi connectivity index (χ3n) is 5.02. The fourth-order valence-corrected chi connectivity index (χ4v) is 3.56. The van der Waals surface area contributed by atoms with Gasteiger partial charge in [0.15, 0.2) is 0 Å². The molecule has 4 rings (SSSR count). The second kappa shape index (κ2) is 6.82. The van der Waals surface area contributed by atoms with E-state index < -0.39 is 0 Å². The van der Waals surface area contributed by atoms with Crippen LogP contribution >= 0.6 is 0 Å². The summed E-state index contributed by atoms with van der Waals surface area (Å²) in [6, 6.07) is 4.62. The molecule has 1 aliphatic heterocycles. The zero-order valence-corrected chi connectivity index (χ0v) is 14.6. The molecular weight excluding hydrogens is 333 g/mol. The minimum atomic E-state index is -0.293. The highest BCUT2D eigenvalue weighted by Gasteiger charge is 2.22. The van der Waals surface area contributed by atoms with Crippen LogP contribution < -0.4 is 10.5 Å². The van der Waals surface area contributed by atoms with Crippen LogP contribution in [-0.4, -0.2) is 32.6 Å². The third kappa shape index (κ3) is 3.16. The van der Waals surface area contributed by atoms with Gasteiger partial charge in [0.2, 0.25) is 0 Å². The topological polar surface area (TPSA) is 63.9 Å². The Balaban J connectivity index is 1.49. The molecule has 0 unspecified atom stereocenters. The summed E-state index contributed by atoms with van der Waals surface area (Å²) in [7, 11) is 0. The lowest BCUT2D eigenvalue weighted by Crippen LogP contribution is -2.37. The highest BCUT2D eigenvalue weighted by Crippen LogP contribution is 2.28. The highest BCUT2D eigenvalue weighted by atomic mass is 19.1. The largest absolute Gasteiger partial charge is 0.356 e. The van der Waals surface area contributed by atoms with E-state index in [1.54, 1.807) is 30.1 Å². The van der Waals surface area contributed by atoms with Crippen LogP contribution in [0.5, 0.6) is 0 Å². The number of anilines is 1. The van der Waals surface area contributed by atoms with Crippen molar-refractivity contribution in [1.29, 1.82) is 0 Å². The second-order valence-corrected chi connectivity index (χ2v) is 6.82. The molecule has 1 aromatic carbocycles. The number of halogens is 1. The molecule has 0 saturated carbocycles. The molecule has 1 saturated heterocycles. The molecule has 0 amide bonds. The van der Waals surface area contributed by atoms with Crippen LogP contribution in [0, 0.1) is 18.7 Å². The lowest BCUT2D eigenvalue weighted by molar-refractivity contribution is 0.350. The first-order valence-electron chi connectivity index (χ1n) is 8.78. The number of fused-ring (bicyclic) bond motifs is 1. The SMILES string of the molecule is Cc1cncn(CC2CCN(c3ncnc4cc(F)ccc34)CC2)c1=O. The minimum absolute atomic E-state index is 0.0336. The number of benzene rings is 1. The molecule has 7 heteroatoms. The molecule has 1 aliphatic rings. The van der Waals surface area contributed by atoms with Crippen LogP contribution in [-0.2, 0) is 6.54 Å². The number of rotatable bonds is 3. The maximum Gasteiger partial charge on any atom is 0.256 e. The summed E-state index contributed by atoms with van der Waals surface area (Å²) in [6.45, 7) is 4.18. The predicted octanol–water partition coefficient (Wildman–Crippen LogP) is 2.55. The quantitative estimate of drug-likeness (QED) is 0.724. The van der Waals surface area contributed by atoms with E-state index in [0.717, 1.165) is 37.1 Å². The van der Waals surface area contributed by atoms with Crippen molar-refractivity contribution in [2.75, 3.05) is 18.0 Å². The minimum Gasteiger partial charge on any atom is -0.356 e. The number of aryl methyl sites for hydroxylation is 1. The zero-order chi connectivity index (χ0) is 18.1. The molecule has 0 spiro atoms. The van der Waals surface area contributed by atoms with E-state index in [4.69, 9.17) is 0 Å². The molecule has 0 aliphatic carbocycles. The Bertz CT molecular complexity index is 995. The van der Waals surface area contributed by atoms with E-state index in [1.807, 2.05) is 0 Å². The maximum atomic E-state index is 13.4. The first-order chi connectivity index (χ1) is 12.6. The van der Waals surface area contributed by atoms with Gasteiger partial charge in [-0.15, -0.1) is 0 Å². The van der Waals surface area contributed by atoms with Gasteiger partial charge >= 0.3 is 0 Å². The zero-order valence-electron chi connectivity index (χ0n) is 14.6. The van der Waals surface area contributed by atoms with Gasteiger partial charge in [-0.1, -0.05) is 0 Å². The normalized spacial score (nSPS) is 15.5. The summed E-state index contributed by atoms with van der Waals surface area (Å²) in [6.07, 6.45) is 6.64. The van der Waals surface area contributed by atoms with Gasteiger partial charge in [-0.05, 0) is 37.8 Å². The van der Waals surface area contributed by atoms with Gasteiger partial charge in [-0.2, -0.15) is 0 Å². The van der Waals surface area contributed by atoms with E-state index in [9.17, 15) is 9.18 Å². The van der Waals surface area contributed by atoms with Gasteiger partial charge < -0.3 is 4.90 Å². The molecule has 0 atom stereocenters. The van der Waals surface area contributed by atoms with Crippen molar-refractivity contribution in [2.45, 2.75) is 26.3 Å². The first-order valence-corrected chi connectivity index (χ1v) is 8.78. The van der Waals surface area contributed by atoms with Crippen molar-refractivity contribution < 1.29 is 4.39 Å². The molecule has 3 heterocycles. The average molecular weight is 353 g/mol. The number of aromatic nitrogens is 4. The van der Waals surface area contributed by atoms with E-state index in [0.29, 0.717) is 23.5 Å². The maximum absolute atomic E-state index is 13.4. The van der Waals surface area contributed by atoms with Crippen LogP contribution in [0.1, 0.15) is 18.4 Å². The standard InChI is InChI=1S/C19H20FN5O/c1-13-9-21-12-25(19(13)26)10-14-4-6-24(7-5-14)18-16-3-2-15(20)8-17(16)22-11-23-18/h2-3,8-9,11-12,14H,4-7,10H2,1H3. The van der Waals surface area contributed by atoms with Crippen molar-refractivity contribution in [2.24, 2.45) is 5.92 Å². The molecule has 1 fully saturated rings. The van der Waals surface area contributed by atoms with Crippen molar-refractivity contribution >= 4 is 16.7 Å². The number of piperidine rings is 1. The Morgan fingerprint density at radius 1 is 1.23 bits per heavy atom. The number of hydrogen-bond donors (Lipinski definition) is 0. The summed E-state index contributed by atoms with van der Waals surface area (Å²) in [5.74, 6) is 0.985. The van der Waals surface area contributed by atoms with Gasteiger partial charge in [-0.25, -0.2) is 19.3 Å². The Labute approximate surface area is 150 Å². The van der Waals surface area contributed by atoms with Crippen LogP contribution in [0.3, 0.4) is 0 Å². The molecule has 3 aromatic rings. The second-order valence-electron chi connectivity index (χ2n) is 6.82. The Morgan fingerprint density at radius 2 is 2.04 bits per heavy atom. The van der Waals surface area contributed by atoms with E-state index in [2.05, 4.69) is 19.9 Å². The lowest BCUT2D eigenvalue weighted by Gasteiger charge is -2.33. The van der Waals surface area contributed by atoms with E-state index in [1.165, 1.54) is 18.5 Å². The fourth-order valence-electron chi connectivity index (χ4n) is 3.56. The van der Waals surface area contributed by atoms with Crippen LogP contribution in [0.15, 0.2) is 41.8 Å². The van der Waals surface area contributed by atoms with Crippen LogP contribution in [0.4, 0.5) is 10.2 Å². The summed E-state index contributed by atoms with van der Waals surface area (Å²) in [5, 5.41) is 0.867. The summed E-state index contributed by atoms with van der Waals surface area (Å²) < 4.78 is 15.1. The Morgan fingerprint density at radius 3 is 2.85 bits per heavy atom. The molecule has 0 bridgehead atoms. The predicted molar refractivity (Wildman–Crippen MR) is 97.7 cm³/mol. The monoisotopic (exact) mass is 353 g/mol. The van der Waals surface area contributed by atoms with Crippen LogP contribution in [0.25, 0.3) is 10.9 Å². The Hall–Kier alpha value is -2.83. The summed E-state index contributed by atoms with van der Waals surface area (Å²) >= 11 is 0. The van der Waals surface area contributed by atoms with Gasteiger partial charge in [0.05, 0.1) is 11.8 Å². The first kappa shape index (κ1) is 16.6. The molecule has 134 valence electrons. The van der Waals surface area contributed by atoms with Crippen molar-refractivity contribution in [1.82, 2.24) is 19.5 Å². The molecule has 0 radical (unpaired) electrons. The highest BCUT2D eigenvalue weighted by molar-refractivity contribution is 5.89. The lowest BCUT2D eigenvalue weighted by atomic mass is 9.96. The number of nitrogens with zero attached hydrogens (tertiary/aromatic N) is 5. The summed E-state index contributed by atoms with van der Waals surface area (Å²) in [4.78, 5) is 27.1.